The fraction of sp³-hybridized carbons (Fsp3) is 0.118. The number of aromatic hydroxyl groups is 2. The van der Waals surface area contributed by atoms with Crippen molar-refractivity contribution in [1.82, 2.24) is 10.2 Å². The predicted octanol–water partition coefficient (Wildman–Crippen LogP) is 4.11. The minimum Gasteiger partial charge on any atom is -0.507 e. The van der Waals surface area contributed by atoms with Crippen LogP contribution < -0.4 is 9.64 Å². The van der Waals surface area contributed by atoms with E-state index < -0.39 is 0 Å². The summed E-state index contributed by atoms with van der Waals surface area (Å²) < 4.78 is 6.37. The lowest BCUT2D eigenvalue weighted by Crippen LogP contribution is -2.08. The monoisotopic (exact) mass is 389 g/mol. The van der Waals surface area contributed by atoms with Crippen LogP contribution in [0, 0.1) is 0 Å². The number of H-pyrrole nitrogens is 1. The topological polar surface area (TPSA) is 81.6 Å². The number of nitrogens with one attached hydrogen (secondary N) is 1. The number of halogens is 1. The summed E-state index contributed by atoms with van der Waals surface area (Å²) in [6, 6.07) is 10.5. The maximum Gasteiger partial charge on any atom is 0.173 e. The summed E-state index contributed by atoms with van der Waals surface area (Å²) in [6.45, 7) is 0. The third-order valence-corrected chi connectivity index (χ3v) is 4.14. The van der Waals surface area contributed by atoms with Crippen molar-refractivity contribution in [2.24, 2.45) is 0 Å². The first-order valence-electron chi connectivity index (χ1n) is 7.16. The third kappa shape index (κ3) is 3.16. The smallest absolute Gasteiger partial charge is 0.173 e. The van der Waals surface area contributed by atoms with Crippen molar-refractivity contribution in [3.8, 4) is 34.3 Å². The SMILES string of the molecule is CN(C)c1cccc(Oc2cn[nH]c2-c2cc(Br)c(O)cc2O)c1. The summed E-state index contributed by atoms with van der Waals surface area (Å²) in [4.78, 5) is 1.98. The molecule has 7 heteroatoms. The van der Waals surface area contributed by atoms with Crippen LogP contribution in [-0.4, -0.2) is 34.5 Å². The summed E-state index contributed by atoms with van der Waals surface area (Å²) in [7, 11) is 3.91. The van der Waals surface area contributed by atoms with Gasteiger partial charge in [0.15, 0.2) is 5.75 Å². The zero-order valence-corrected chi connectivity index (χ0v) is 14.7. The first-order chi connectivity index (χ1) is 11.5. The molecule has 0 amide bonds. The summed E-state index contributed by atoms with van der Waals surface area (Å²) in [6.07, 6.45) is 1.54. The number of hydrogen-bond acceptors (Lipinski definition) is 5. The second kappa shape index (κ2) is 6.45. The number of phenols is 2. The van der Waals surface area contributed by atoms with Gasteiger partial charge in [-0.3, -0.25) is 5.10 Å². The van der Waals surface area contributed by atoms with Gasteiger partial charge in [-0.15, -0.1) is 0 Å². The molecule has 6 nitrogen and oxygen atoms in total. The van der Waals surface area contributed by atoms with Crippen LogP contribution in [0.2, 0.25) is 0 Å². The molecule has 0 spiro atoms. The fourth-order valence-corrected chi connectivity index (χ4v) is 2.59. The Balaban J connectivity index is 1.97. The highest BCUT2D eigenvalue weighted by atomic mass is 79.9. The van der Waals surface area contributed by atoms with E-state index in [0.29, 0.717) is 27.2 Å². The van der Waals surface area contributed by atoms with E-state index in [0.717, 1.165) is 5.69 Å². The molecule has 0 saturated heterocycles. The van der Waals surface area contributed by atoms with Gasteiger partial charge in [-0.1, -0.05) is 6.07 Å². The summed E-state index contributed by atoms with van der Waals surface area (Å²) in [5, 5.41) is 26.6. The lowest BCUT2D eigenvalue weighted by Gasteiger charge is -2.14. The van der Waals surface area contributed by atoms with Crippen molar-refractivity contribution in [2.75, 3.05) is 19.0 Å². The number of aromatic amines is 1. The Bertz CT molecular complexity index is 877. The lowest BCUT2D eigenvalue weighted by molar-refractivity contribution is 0.448. The molecule has 124 valence electrons. The van der Waals surface area contributed by atoms with Crippen molar-refractivity contribution in [1.29, 1.82) is 0 Å². The molecule has 0 saturated carbocycles. The van der Waals surface area contributed by atoms with Crippen molar-refractivity contribution >= 4 is 21.6 Å². The van der Waals surface area contributed by atoms with E-state index in [1.807, 2.05) is 43.3 Å². The Kier molecular flexibility index (Phi) is 4.35. The highest BCUT2D eigenvalue weighted by Gasteiger charge is 2.16. The molecule has 1 aromatic heterocycles. The number of hydrogen-bond donors (Lipinski definition) is 3. The normalized spacial score (nSPS) is 10.6. The summed E-state index contributed by atoms with van der Waals surface area (Å²) >= 11 is 3.24. The number of nitrogens with zero attached hydrogens (tertiary/aromatic N) is 2. The van der Waals surface area contributed by atoms with E-state index in [4.69, 9.17) is 4.74 Å². The minimum atomic E-state index is -0.0770. The molecular weight excluding hydrogens is 374 g/mol. The van der Waals surface area contributed by atoms with Gasteiger partial charge < -0.3 is 19.8 Å². The van der Waals surface area contributed by atoms with Crippen LogP contribution in [0.5, 0.6) is 23.0 Å². The Morgan fingerprint density at radius 1 is 1.12 bits per heavy atom. The lowest BCUT2D eigenvalue weighted by atomic mass is 10.1. The van der Waals surface area contributed by atoms with Gasteiger partial charge in [0.25, 0.3) is 0 Å². The molecule has 0 fully saturated rings. The predicted molar refractivity (Wildman–Crippen MR) is 95.9 cm³/mol. The van der Waals surface area contributed by atoms with Gasteiger partial charge in [-0.05, 0) is 34.1 Å². The van der Waals surface area contributed by atoms with Crippen molar-refractivity contribution < 1.29 is 14.9 Å². The zero-order chi connectivity index (χ0) is 17.3. The number of phenolic OH excluding ortho intramolecular Hbond substituents is 2. The largest absolute Gasteiger partial charge is 0.507 e. The summed E-state index contributed by atoms with van der Waals surface area (Å²) in [5.41, 5.74) is 1.99. The molecule has 0 aliphatic heterocycles. The van der Waals surface area contributed by atoms with E-state index in [9.17, 15) is 10.2 Å². The molecule has 3 aromatic rings. The van der Waals surface area contributed by atoms with Gasteiger partial charge in [-0.2, -0.15) is 5.10 Å². The van der Waals surface area contributed by atoms with E-state index in [1.54, 1.807) is 6.07 Å². The number of rotatable bonds is 4. The zero-order valence-electron chi connectivity index (χ0n) is 13.1. The van der Waals surface area contributed by atoms with Crippen LogP contribution in [0.4, 0.5) is 5.69 Å². The van der Waals surface area contributed by atoms with Crippen molar-refractivity contribution in [3.63, 3.8) is 0 Å². The van der Waals surface area contributed by atoms with Crippen molar-refractivity contribution in [2.45, 2.75) is 0 Å². The maximum absolute atomic E-state index is 10.1. The first-order valence-corrected chi connectivity index (χ1v) is 7.95. The van der Waals surface area contributed by atoms with Crippen LogP contribution in [0.3, 0.4) is 0 Å². The molecule has 0 aliphatic carbocycles. The molecular formula is C17H16BrN3O3. The standard InChI is InChI=1S/C17H16BrN3O3/c1-21(2)10-4-3-5-11(6-10)24-16-9-19-20-17(16)12-7-13(18)15(23)8-14(12)22/h3-9,22-23H,1-2H3,(H,19,20). The first kappa shape index (κ1) is 16.2. The van der Waals surface area contributed by atoms with Crippen molar-refractivity contribution in [3.05, 3.63) is 47.1 Å². The highest BCUT2D eigenvalue weighted by molar-refractivity contribution is 9.10. The molecule has 0 unspecified atom stereocenters. The fourth-order valence-electron chi connectivity index (χ4n) is 2.25. The average molecular weight is 390 g/mol. The van der Waals surface area contributed by atoms with E-state index in [-0.39, 0.29) is 11.5 Å². The minimum absolute atomic E-state index is 0.0445. The quantitative estimate of drug-likeness (QED) is 0.625. The maximum atomic E-state index is 10.1. The van der Waals surface area contributed by atoms with Gasteiger partial charge >= 0.3 is 0 Å². The van der Waals surface area contributed by atoms with Crippen LogP contribution in [0.1, 0.15) is 0 Å². The molecule has 0 atom stereocenters. The average Bonchev–Trinajstić information content (AvgIpc) is 2.99. The second-order valence-corrected chi connectivity index (χ2v) is 6.28. The Morgan fingerprint density at radius 3 is 2.67 bits per heavy atom. The number of aromatic nitrogens is 2. The summed E-state index contributed by atoms with van der Waals surface area (Å²) in [5.74, 6) is 1.00. The number of ether oxygens (including phenoxy) is 1. The van der Waals surface area contributed by atoms with Crippen LogP contribution in [-0.2, 0) is 0 Å². The van der Waals surface area contributed by atoms with E-state index in [1.165, 1.54) is 12.3 Å². The second-order valence-electron chi connectivity index (χ2n) is 5.42. The molecule has 2 aromatic carbocycles. The van der Waals surface area contributed by atoms with Gasteiger partial charge in [0.1, 0.15) is 22.9 Å². The number of benzene rings is 2. The van der Waals surface area contributed by atoms with Gasteiger partial charge in [0.05, 0.1) is 10.7 Å². The molecule has 0 aliphatic rings. The van der Waals surface area contributed by atoms with E-state index in [2.05, 4.69) is 26.1 Å². The van der Waals surface area contributed by atoms with Crippen LogP contribution >= 0.6 is 15.9 Å². The van der Waals surface area contributed by atoms with Gasteiger partial charge in [0.2, 0.25) is 0 Å². The van der Waals surface area contributed by atoms with Crippen LogP contribution in [0.15, 0.2) is 47.1 Å². The van der Waals surface area contributed by atoms with Gasteiger partial charge in [0, 0.05) is 37.5 Å². The molecule has 24 heavy (non-hydrogen) atoms. The molecule has 3 rings (SSSR count). The Labute approximate surface area is 147 Å². The number of anilines is 1. The van der Waals surface area contributed by atoms with Crippen LogP contribution in [0.25, 0.3) is 11.3 Å². The third-order valence-electron chi connectivity index (χ3n) is 3.50. The molecule has 0 radical (unpaired) electrons. The van der Waals surface area contributed by atoms with Gasteiger partial charge in [-0.25, -0.2) is 0 Å². The van der Waals surface area contributed by atoms with E-state index >= 15 is 0 Å². The molecule has 0 bridgehead atoms. The molecule has 1 heterocycles. The highest BCUT2D eigenvalue weighted by Crippen LogP contribution is 2.41. The molecule has 3 N–H and O–H groups in total. The Hall–Kier alpha value is -2.67. The Morgan fingerprint density at radius 2 is 1.92 bits per heavy atom.